The van der Waals surface area contributed by atoms with Crippen LogP contribution in [0.1, 0.15) is 46.4 Å². The van der Waals surface area contributed by atoms with Gasteiger partial charge in [0.25, 0.3) is 11.8 Å². The third kappa shape index (κ3) is 3.72. The van der Waals surface area contributed by atoms with Gasteiger partial charge < -0.3 is 15.1 Å². The molecule has 0 atom stereocenters. The summed E-state index contributed by atoms with van der Waals surface area (Å²) in [5.74, 6) is -0.321. The molecule has 1 aromatic heterocycles. The van der Waals surface area contributed by atoms with Crippen LogP contribution < -0.4 is 5.32 Å². The summed E-state index contributed by atoms with van der Waals surface area (Å²) < 4.78 is 0. The van der Waals surface area contributed by atoms with Crippen LogP contribution >= 0.6 is 0 Å². The van der Waals surface area contributed by atoms with Gasteiger partial charge in [-0.2, -0.15) is 0 Å². The highest BCUT2D eigenvalue weighted by Crippen LogP contribution is 2.18. The summed E-state index contributed by atoms with van der Waals surface area (Å²) in [6.45, 7) is 2.06. The molecule has 2 heterocycles. The van der Waals surface area contributed by atoms with Crippen molar-refractivity contribution in [2.45, 2.75) is 31.7 Å². The lowest BCUT2D eigenvalue weighted by atomic mass is 10.1. The summed E-state index contributed by atoms with van der Waals surface area (Å²) in [4.78, 5) is 43.0. The summed E-state index contributed by atoms with van der Waals surface area (Å²) in [5, 5.41) is 3.00. The Morgan fingerprint density at radius 3 is 2.42 bits per heavy atom. The maximum absolute atomic E-state index is 12.6. The molecule has 1 aliphatic heterocycles. The Balaban J connectivity index is 1.64. The first-order valence-corrected chi connectivity index (χ1v) is 8.42. The zero-order chi connectivity index (χ0) is 16.9. The summed E-state index contributed by atoms with van der Waals surface area (Å²) in [7, 11) is 0. The number of rotatable bonds is 4. The van der Waals surface area contributed by atoms with Crippen molar-refractivity contribution in [2.24, 2.45) is 0 Å². The third-order valence-electron chi connectivity index (χ3n) is 4.69. The van der Waals surface area contributed by atoms with Crippen LogP contribution in [-0.4, -0.2) is 65.2 Å². The predicted molar refractivity (Wildman–Crippen MR) is 87.5 cm³/mol. The Morgan fingerprint density at radius 2 is 1.75 bits per heavy atom. The number of carbonyl (C=O) groups excluding carboxylic acids is 3. The van der Waals surface area contributed by atoms with E-state index in [4.69, 9.17) is 0 Å². The number of hydrogen-bond donors (Lipinski definition) is 1. The van der Waals surface area contributed by atoms with Crippen LogP contribution in [0, 0.1) is 0 Å². The zero-order valence-electron chi connectivity index (χ0n) is 13.6. The van der Waals surface area contributed by atoms with E-state index >= 15 is 0 Å². The standard InChI is InChI=1S/C17H22N4O3/c22-12-20-5-7-21(8-6-20)17(24)14-9-13(10-18-11-14)16(23)19-15-3-1-2-4-15/h9-12,15H,1-8H2,(H,19,23). The molecule has 3 rings (SSSR count). The van der Waals surface area contributed by atoms with E-state index in [0.29, 0.717) is 37.3 Å². The largest absolute Gasteiger partial charge is 0.349 e. The molecule has 0 unspecified atom stereocenters. The van der Waals surface area contributed by atoms with Gasteiger partial charge in [0.2, 0.25) is 6.41 Å². The van der Waals surface area contributed by atoms with Crippen molar-refractivity contribution in [3.63, 3.8) is 0 Å². The molecular formula is C17H22N4O3. The fraction of sp³-hybridized carbons (Fsp3) is 0.529. The minimum atomic E-state index is -0.171. The van der Waals surface area contributed by atoms with Crippen molar-refractivity contribution in [2.75, 3.05) is 26.2 Å². The molecule has 128 valence electrons. The molecule has 1 aliphatic carbocycles. The van der Waals surface area contributed by atoms with Crippen molar-refractivity contribution < 1.29 is 14.4 Å². The van der Waals surface area contributed by atoms with Gasteiger partial charge in [-0.25, -0.2) is 0 Å². The first kappa shape index (κ1) is 16.4. The molecule has 1 saturated heterocycles. The van der Waals surface area contributed by atoms with Gasteiger partial charge >= 0.3 is 0 Å². The number of aromatic nitrogens is 1. The fourth-order valence-corrected chi connectivity index (χ4v) is 3.23. The molecule has 3 amide bonds. The smallest absolute Gasteiger partial charge is 0.255 e. The number of hydrogen-bond acceptors (Lipinski definition) is 4. The highest BCUT2D eigenvalue weighted by atomic mass is 16.2. The molecule has 7 heteroatoms. The van der Waals surface area contributed by atoms with Crippen LogP contribution in [0.5, 0.6) is 0 Å². The van der Waals surface area contributed by atoms with Gasteiger partial charge in [-0.15, -0.1) is 0 Å². The van der Waals surface area contributed by atoms with Crippen LogP contribution in [0.15, 0.2) is 18.5 Å². The molecular weight excluding hydrogens is 308 g/mol. The lowest BCUT2D eigenvalue weighted by Crippen LogP contribution is -2.48. The van der Waals surface area contributed by atoms with Gasteiger partial charge in [0.05, 0.1) is 11.1 Å². The van der Waals surface area contributed by atoms with Crippen LogP contribution in [0.2, 0.25) is 0 Å². The molecule has 1 saturated carbocycles. The number of carbonyl (C=O) groups is 3. The average Bonchev–Trinajstić information content (AvgIpc) is 3.14. The van der Waals surface area contributed by atoms with Crippen molar-refractivity contribution in [3.05, 3.63) is 29.6 Å². The highest BCUT2D eigenvalue weighted by molar-refractivity contribution is 5.99. The van der Waals surface area contributed by atoms with Gasteiger partial charge in [-0.1, -0.05) is 12.8 Å². The molecule has 1 aromatic rings. The van der Waals surface area contributed by atoms with E-state index in [9.17, 15) is 14.4 Å². The minimum absolute atomic E-state index is 0.149. The predicted octanol–water partition coefficient (Wildman–Crippen LogP) is 0.668. The fourth-order valence-electron chi connectivity index (χ4n) is 3.23. The Kier molecular flexibility index (Phi) is 5.08. The highest BCUT2D eigenvalue weighted by Gasteiger charge is 2.23. The Bertz CT molecular complexity index is 620. The lowest BCUT2D eigenvalue weighted by Gasteiger charge is -2.32. The van der Waals surface area contributed by atoms with Crippen LogP contribution in [0.25, 0.3) is 0 Å². The van der Waals surface area contributed by atoms with E-state index in [1.54, 1.807) is 15.9 Å². The number of nitrogens with zero attached hydrogens (tertiary/aromatic N) is 3. The van der Waals surface area contributed by atoms with E-state index in [-0.39, 0.29) is 17.9 Å². The number of piperazine rings is 1. The molecule has 1 N–H and O–H groups in total. The second kappa shape index (κ2) is 7.42. The van der Waals surface area contributed by atoms with Gasteiger partial charge in [0.1, 0.15) is 0 Å². The first-order chi connectivity index (χ1) is 11.7. The molecule has 7 nitrogen and oxygen atoms in total. The maximum Gasteiger partial charge on any atom is 0.255 e. The lowest BCUT2D eigenvalue weighted by molar-refractivity contribution is -0.119. The van der Waals surface area contributed by atoms with Crippen molar-refractivity contribution in [3.8, 4) is 0 Å². The quantitative estimate of drug-likeness (QED) is 0.823. The second-order valence-electron chi connectivity index (χ2n) is 6.35. The average molecular weight is 330 g/mol. The number of pyridine rings is 1. The summed E-state index contributed by atoms with van der Waals surface area (Å²) >= 11 is 0. The molecule has 0 radical (unpaired) electrons. The molecule has 2 aliphatic rings. The van der Waals surface area contributed by atoms with Crippen LogP contribution in [0.3, 0.4) is 0 Å². The summed E-state index contributed by atoms with van der Waals surface area (Å²) in [5.41, 5.74) is 0.827. The van der Waals surface area contributed by atoms with Crippen LogP contribution in [-0.2, 0) is 4.79 Å². The Hall–Kier alpha value is -2.44. The van der Waals surface area contributed by atoms with E-state index in [2.05, 4.69) is 10.3 Å². The Morgan fingerprint density at radius 1 is 1.08 bits per heavy atom. The maximum atomic E-state index is 12.6. The Labute approximate surface area is 141 Å². The zero-order valence-corrected chi connectivity index (χ0v) is 13.6. The van der Waals surface area contributed by atoms with Crippen molar-refractivity contribution >= 4 is 18.2 Å². The van der Waals surface area contributed by atoms with Gasteiger partial charge in [0, 0.05) is 44.6 Å². The summed E-state index contributed by atoms with van der Waals surface area (Å²) in [6.07, 6.45) is 8.10. The van der Waals surface area contributed by atoms with E-state index in [1.807, 2.05) is 0 Å². The monoisotopic (exact) mass is 330 g/mol. The molecule has 0 bridgehead atoms. The summed E-state index contributed by atoms with van der Waals surface area (Å²) in [6, 6.07) is 1.83. The molecule has 2 fully saturated rings. The molecule has 0 aromatic carbocycles. The normalized spacial score (nSPS) is 18.5. The van der Waals surface area contributed by atoms with Gasteiger partial charge in [0.15, 0.2) is 0 Å². The number of amides is 3. The number of nitrogens with one attached hydrogen (secondary N) is 1. The van der Waals surface area contributed by atoms with Gasteiger partial charge in [-0.3, -0.25) is 19.4 Å². The second-order valence-corrected chi connectivity index (χ2v) is 6.35. The SMILES string of the molecule is O=CN1CCN(C(=O)c2cncc(C(=O)NC3CCCC3)c2)CC1. The third-order valence-corrected chi connectivity index (χ3v) is 4.69. The van der Waals surface area contributed by atoms with Crippen molar-refractivity contribution in [1.29, 1.82) is 0 Å². The topological polar surface area (TPSA) is 82.6 Å². The van der Waals surface area contributed by atoms with Crippen LogP contribution in [0.4, 0.5) is 0 Å². The minimum Gasteiger partial charge on any atom is -0.349 e. The van der Waals surface area contributed by atoms with Crippen molar-refractivity contribution in [1.82, 2.24) is 20.1 Å². The molecule has 0 spiro atoms. The van der Waals surface area contributed by atoms with E-state index in [0.717, 1.165) is 32.1 Å². The first-order valence-electron chi connectivity index (χ1n) is 8.42. The van der Waals surface area contributed by atoms with Gasteiger partial charge in [-0.05, 0) is 18.9 Å². The van der Waals surface area contributed by atoms with E-state index < -0.39 is 0 Å². The molecule has 24 heavy (non-hydrogen) atoms. The van der Waals surface area contributed by atoms with E-state index in [1.165, 1.54) is 12.4 Å².